The van der Waals surface area contributed by atoms with Crippen molar-refractivity contribution in [1.29, 1.82) is 0 Å². The molecule has 0 N–H and O–H groups in total. The van der Waals surface area contributed by atoms with Gasteiger partial charge in [0.2, 0.25) is 0 Å². The lowest BCUT2D eigenvalue weighted by Crippen LogP contribution is -2.41. The van der Waals surface area contributed by atoms with Crippen LogP contribution >= 0.6 is 0 Å². The van der Waals surface area contributed by atoms with Crippen LogP contribution in [0.15, 0.2) is 35.4 Å². The highest BCUT2D eigenvalue weighted by Crippen LogP contribution is 2.22. The maximum absolute atomic E-state index is 12.7. The van der Waals surface area contributed by atoms with Crippen molar-refractivity contribution >= 4 is 5.69 Å². The predicted octanol–water partition coefficient (Wildman–Crippen LogP) is 1.62. The van der Waals surface area contributed by atoms with Crippen LogP contribution in [0, 0.1) is 6.92 Å². The summed E-state index contributed by atoms with van der Waals surface area (Å²) in [5.74, 6) is 0. The van der Waals surface area contributed by atoms with Gasteiger partial charge in [-0.3, -0.25) is 14.7 Å². The van der Waals surface area contributed by atoms with E-state index in [0.717, 1.165) is 56.9 Å². The minimum Gasteiger partial charge on any atom is -0.378 e. The van der Waals surface area contributed by atoms with E-state index >= 15 is 0 Å². The number of pyridine rings is 1. The van der Waals surface area contributed by atoms with E-state index in [-0.39, 0.29) is 11.6 Å². The summed E-state index contributed by atoms with van der Waals surface area (Å²) < 4.78 is 7.06. The molecule has 0 spiro atoms. The monoisotopic (exact) mass is 369 g/mol. The molecule has 0 aromatic carbocycles. The fourth-order valence-corrected chi connectivity index (χ4v) is 3.98. The lowest BCUT2D eigenvalue weighted by atomic mass is 10.0. The number of anilines is 1. The van der Waals surface area contributed by atoms with Gasteiger partial charge in [-0.25, -0.2) is 4.68 Å². The molecule has 1 atom stereocenters. The Labute approximate surface area is 159 Å². The van der Waals surface area contributed by atoms with Gasteiger partial charge in [-0.2, -0.15) is 5.10 Å². The van der Waals surface area contributed by atoms with Crippen LogP contribution in [0.25, 0.3) is 0 Å². The first-order valence-corrected chi connectivity index (χ1v) is 9.75. The van der Waals surface area contributed by atoms with Crippen molar-refractivity contribution in [2.45, 2.75) is 32.4 Å². The van der Waals surface area contributed by atoms with Gasteiger partial charge in [0.25, 0.3) is 5.56 Å². The SMILES string of the molecule is Cc1ncccc1CN1CCCC(n2ncc(N3CCOCC3)cc2=O)C1. The third-order valence-electron chi connectivity index (χ3n) is 5.52. The molecule has 144 valence electrons. The zero-order valence-corrected chi connectivity index (χ0v) is 15.9. The van der Waals surface area contributed by atoms with Gasteiger partial charge >= 0.3 is 0 Å². The Morgan fingerprint density at radius 3 is 2.89 bits per heavy atom. The lowest BCUT2D eigenvalue weighted by Gasteiger charge is -2.33. The Bertz CT molecular complexity index is 831. The number of aryl methyl sites for hydroxylation is 1. The van der Waals surface area contributed by atoms with E-state index in [2.05, 4.69) is 25.9 Å². The number of nitrogens with zero attached hydrogens (tertiary/aromatic N) is 5. The Morgan fingerprint density at radius 2 is 2.11 bits per heavy atom. The Hall–Kier alpha value is -2.25. The minimum absolute atomic E-state index is 0.0107. The molecule has 2 aromatic rings. The molecule has 2 aromatic heterocycles. The molecular formula is C20H27N5O2. The summed E-state index contributed by atoms with van der Waals surface area (Å²) in [6.45, 7) is 7.84. The number of likely N-dealkylation sites (tertiary alicyclic amines) is 1. The molecule has 2 aliphatic heterocycles. The van der Waals surface area contributed by atoms with Crippen LogP contribution in [0.2, 0.25) is 0 Å². The van der Waals surface area contributed by atoms with E-state index in [1.54, 1.807) is 10.7 Å². The van der Waals surface area contributed by atoms with Gasteiger partial charge in [0, 0.05) is 44.1 Å². The van der Waals surface area contributed by atoms with Crippen LogP contribution in [0.3, 0.4) is 0 Å². The predicted molar refractivity (Wildman–Crippen MR) is 104 cm³/mol. The molecule has 0 radical (unpaired) electrons. The Morgan fingerprint density at radius 1 is 1.26 bits per heavy atom. The summed E-state index contributed by atoms with van der Waals surface area (Å²) >= 11 is 0. The molecule has 0 amide bonds. The Balaban J connectivity index is 1.46. The van der Waals surface area contributed by atoms with Crippen LogP contribution in [-0.4, -0.2) is 59.1 Å². The number of hydrogen-bond donors (Lipinski definition) is 0. The average Bonchev–Trinajstić information content (AvgIpc) is 2.70. The van der Waals surface area contributed by atoms with Crippen molar-refractivity contribution < 1.29 is 4.74 Å². The highest BCUT2D eigenvalue weighted by atomic mass is 16.5. The van der Waals surface area contributed by atoms with Gasteiger partial charge < -0.3 is 9.64 Å². The quantitative estimate of drug-likeness (QED) is 0.816. The van der Waals surface area contributed by atoms with Crippen molar-refractivity contribution in [1.82, 2.24) is 19.7 Å². The average molecular weight is 369 g/mol. The zero-order valence-electron chi connectivity index (χ0n) is 15.9. The number of piperidine rings is 1. The second kappa shape index (κ2) is 8.19. The largest absolute Gasteiger partial charge is 0.378 e. The summed E-state index contributed by atoms with van der Waals surface area (Å²) in [7, 11) is 0. The molecule has 4 heterocycles. The highest BCUT2D eigenvalue weighted by molar-refractivity contribution is 5.43. The summed E-state index contributed by atoms with van der Waals surface area (Å²) in [4.78, 5) is 21.7. The summed E-state index contributed by atoms with van der Waals surface area (Å²) in [6.07, 6.45) is 5.73. The Kier molecular flexibility index (Phi) is 5.50. The summed E-state index contributed by atoms with van der Waals surface area (Å²) in [6, 6.07) is 5.97. The van der Waals surface area contributed by atoms with E-state index in [1.165, 1.54) is 5.56 Å². The fourth-order valence-electron chi connectivity index (χ4n) is 3.98. The van der Waals surface area contributed by atoms with E-state index in [4.69, 9.17) is 4.74 Å². The zero-order chi connectivity index (χ0) is 18.6. The molecule has 0 saturated carbocycles. The smallest absolute Gasteiger partial charge is 0.269 e. The third-order valence-corrected chi connectivity index (χ3v) is 5.52. The first-order valence-electron chi connectivity index (χ1n) is 9.75. The van der Waals surface area contributed by atoms with Gasteiger partial charge in [-0.15, -0.1) is 0 Å². The topological polar surface area (TPSA) is 63.5 Å². The van der Waals surface area contributed by atoms with Crippen LogP contribution < -0.4 is 10.5 Å². The third kappa shape index (κ3) is 4.20. The summed E-state index contributed by atoms with van der Waals surface area (Å²) in [5.41, 5.74) is 3.22. The number of morpholine rings is 1. The maximum Gasteiger partial charge on any atom is 0.269 e. The molecule has 7 nitrogen and oxygen atoms in total. The molecule has 2 fully saturated rings. The first kappa shape index (κ1) is 18.1. The second-order valence-corrected chi connectivity index (χ2v) is 7.38. The van der Waals surface area contributed by atoms with E-state index in [1.807, 2.05) is 25.4 Å². The molecule has 7 heteroatoms. The minimum atomic E-state index is -0.0107. The van der Waals surface area contributed by atoms with Gasteiger partial charge in [0.05, 0.1) is 31.1 Å². The fraction of sp³-hybridized carbons (Fsp3) is 0.550. The van der Waals surface area contributed by atoms with Gasteiger partial charge in [-0.1, -0.05) is 6.07 Å². The highest BCUT2D eigenvalue weighted by Gasteiger charge is 2.24. The van der Waals surface area contributed by atoms with Crippen LogP contribution in [0.1, 0.15) is 30.1 Å². The molecule has 2 saturated heterocycles. The maximum atomic E-state index is 12.7. The van der Waals surface area contributed by atoms with Gasteiger partial charge in [0.1, 0.15) is 0 Å². The van der Waals surface area contributed by atoms with Crippen molar-refractivity contribution in [3.05, 3.63) is 52.2 Å². The molecule has 27 heavy (non-hydrogen) atoms. The number of rotatable bonds is 4. The first-order chi connectivity index (χ1) is 13.2. The van der Waals surface area contributed by atoms with Crippen molar-refractivity contribution in [3.63, 3.8) is 0 Å². The van der Waals surface area contributed by atoms with Crippen molar-refractivity contribution in [3.8, 4) is 0 Å². The van der Waals surface area contributed by atoms with Crippen LogP contribution in [0.4, 0.5) is 5.69 Å². The molecule has 1 unspecified atom stereocenters. The number of hydrogen-bond acceptors (Lipinski definition) is 6. The van der Waals surface area contributed by atoms with Gasteiger partial charge in [0.15, 0.2) is 0 Å². The van der Waals surface area contributed by atoms with Crippen molar-refractivity contribution in [2.24, 2.45) is 0 Å². The van der Waals surface area contributed by atoms with Gasteiger partial charge in [-0.05, 0) is 37.9 Å². The van der Waals surface area contributed by atoms with Crippen LogP contribution in [-0.2, 0) is 11.3 Å². The lowest BCUT2D eigenvalue weighted by molar-refractivity contribution is 0.122. The number of aromatic nitrogens is 3. The second-order valence-electron chi connectivity index (χ2n) is 7.38. The van der Waals surface area contributed by atoms with Crippen molar-refractivity contribution in [2.75, 3.05) is 44.3 Å². The molecular weight excluding hydrogens is 342 g/mol. The standard InChI is InChI=1S/C20H27N5O2/c1-16-17(4-2-6-21-16)14-23-7-3-5-18(15-23)25-20(26)12-19(13-22-25)24-8-10-27-11-9-24/h2,4,6,12-13,18H,3,5,7-11,14-15H2,1H3. The normalized spacial score (nSPS) is 21.4. The molecule has 0 aliphatic carbocycles. The molecule has 2 aliphatic rings. The molecule has 4 rings (SSSR count). The number of ether oxygens (including phenoxy) is 1. The van der Waals surface area contributed by atoms with E-state index < -0.39 is 0 Å². The van der Waals surface area contributed by atoms with E-state index in [0.29, 0.717) is 13.2 Å². The summed E-state index contributed by atoms with van der Waals surface area (Å²) in [5, 5.41) is 4.52. The van der Waals surface area contributed by atoms with E-state index in [9.17, 15) is 4.79 Å². The van der Waals surface area contributed by atoms with Crippen LogP contribution in [0.5, 0.6) is 0 Å². The molecule has 0 bridgehead atoms.